The third-order valence-electron chi connectivity index (χ3n) is 5.30. The van der Waals surface area contributed by atoms with Gasteiger partial charge < -0.3 is 10.0 Å². The number of carbonyl (C=O) groups is 1. The Morgan fingerprint density at radius 1 is 1.43 bits per heavy atom. The van der Waals surface area contributed by atoms with E-state index in [1.54, 1.807) is 4.52 Å². The molecule has 2 aromatic heterocycles. The quantitative estimate of drug-likeness (QED) is 0.826. The molecular formula is C16H20N4O3. The van der Waals surface area contributed by atoms with E-state index in [9.17, 15) is 14.7 Å². The van der Waals surface area contributed by atoms with Gasteiger partial charge in [0.15, 0.2) is 5.65 Å². The van der Waals surface area contributed by atoms with E-state index < -0.39 is 0 Å². The number of H-pyrrole nitrogens is 1. The van der Waals surface area contributed by atoms with Gasteiger partial charge in [0.2, 0.25) is 5.91 Å². The maximum Gasteiger partial charge on any atom is 0.266 e. The molecule has 7 heteroatoms. The number of nitrogens with zero attached hydrogens (tertiary/aromatic N) is 3. The molecular weight excluding hydrogens is 296 g/mol. The smallest absolute Gasteiger partial charge is 0.266 e. The minimum atomic E-state index is -0.388. The maximum absolute atomic E-state index is 12.7. The minimum absolute atomic E-state index is 0.0260. The first-order chi connectivity index (χ1) is 10.9. The standard InChI is InChI=1S/C16H20N4O3/c1-8-11(9(2)20-14(17-8)6-15(22)18-20)5-16(23)19-7-10-3-12(19)13(21)4-10/h6,10,12-13,21H,3-5,7H2,1-2H3,(H,18,22)/t10-,12+,13+/m0/s1. The summed E-state index contributed by atoms with van der Waals surface area (Å²) in [5.41, 5.74) is 2.79. The van der Waals surface area contributed by atoms with E-state index in [1.165, 1.54) is 6.07 Å². The zero-order valence-electron chi connectivity index (χ0n) is 13.2. The van der Waals surface area contributed by atoms with Crippen molar-refractivity contribution in [1.82, 2.24) is 19.5 Å². The van der Waals surface area contributed by atoms with Gasteiger partial charge in [-0.15, -0.1) is 0 Å². The highest BCUT2D eigenvalue weighted by molar-refractivity contribution is 5.80. The summed E-state index contributed by atoms with van der Waals surface area (Å²) < 4.78 is 1.63. The Morgan fingerprint density at radius 2 is 2.22 bits per heavy atom. The number of piperidine rings is 1. The zero-order chi connectivity index (χ0) is 16.3. The van der Waals surface area contributed by atoms with Crippen LogP contribution in [0.3, 0.4) is 0 Å². The Morgan fingerprint density at radius 3 is 2.91 bits per heavy atom. The van der Waals surface area contributed by atoms with Crippen molar-refractivity contribution in [1.29, 1.82) is 0 Å². The minimum Gasteiger partial charge on any atom is -0.391 e. The molecule has 2 bridgehead atoms. The fraction of sp³-hybridized carbons (Fsp3) is 0.562. The predicted molar refractivity (Wildman–Crippen MR) is 83.2 cm³/mol. The van der Waals surface area contributed by atoms with Crippen LogP contribution < -0.4 is 5.56 Å². The molecule has 1 aliphatic heterocycles. The molecule has 1 saturated heterocycles. The number of aliphatic hydroxyl groups excluding tert-OH is 1. The van der Waals surface area contributed by atoms with E-state index in [0.717, 1.165) is 36.3 Å². The number of fused-ring (bicyclic) bond motifs is 3. The Labute approximate surface area is 132 Å². The van der Waals surface area contributed by atoms with Crippen LogP contribution in [0.4, 0.5) is 0 Å². The van der Waals surface area contributed by atoms with E-state index in [2.05, 4.69) is 10.1 Å². The van der Waals surface area contributed by atoms with Crippen LogP contribution in [0.15, 0.2) is 10.9 Å². The number of likely N-dealkylation sites (tertiary alicyclic amines) is 1. The molecule has 0 unspecified atom stereocenters. The van der Waals surface area contributed by atoms with Gasteiger partial charge in [0.25, 0.3) is 5.56 Å². The van der Waals surface area contributed by atoms with Gasteiger partial charge in [0.1, 0.15) is 0 Å². The second-order valence-electron chi connectivity index (χ2n) is 6.77. The second-order valence-corrected chi connectivity index (χ2v) is 6.77. The molecule has 4 rings (SSSR count). The van der Waals surface area contributed by atoms with Gasteiger partial charge in [-0.1, -0.05) is 0 Å². The molecule has 122 valence electrons. The molecule has 23 heavy (non-hydrogen) atoms. The molecule has 0 aromatic carbocycles. The summed E-state index contributed by atoms with van der Waals surface area (Å²) in [5, 5.41) is 12.7. The lowest BCUT2D eigenvalue weighted by Crippen LogP contribution is -2.45. The highest BCUT2D eigenvalue weighted by Crippen LogP contribution is 2.38. The van der Waals surface area contributed by atoms with Crippen molar-refractivity contribution in [2.75, 3.05) is 6.54 Å². The Kier molecular flexibility index (Phi) is 3.09. The number of rotatable bonds is 2. The molecule has 1 amide bonds. The molecule has 2 aliphatic rings. The lowest BCUT2D eigenvalue weighted by atomic mass is 10.0. The zero-order valence-corrected chi connectivity index (χ0v) is 13.2. The summed E-state index contributed by atoms with van der Waals surface area (Å²) in [5.74, 6) is 0.459. The molecule has 2 N–H and O–H groups in total. The van der Waals surface area contributed by atoms with Crippen molar-refractivity contribution in [3.8, 4) is 0 Å². The number of aromatic nitrogens is 3. The molecule has 3 heterocycles. The van der Waals surface area contributed by atoms with Crippen LogP contribution in [0.5, 0.6) is 0 Å². The number of amides is 1. The van der Waals surface area contributed by atoms with Crippen LogP contribution in [-0.4, -0.2) is 49.2 Å². The van der Waals surface area contributed by atoms with Gasteiger partial charge >= 0.3 is 0 Å². The van der Waals surface area contributed by atoms with Crippen LogP contribution >= 0.6 is 0 Å². The lowest BCUT2D eigenvalue weighted by Gasteiger charge is -2.31. The molecule has 0 spiro atoms. The summed E-state index contributed by atoms with van der Waals surface area (Å²) in [4.78, 5) is 30.4. The predicted octanol–water partition coefficient (Wildman–Crippen LogP) is 0.164. The van der Waals surface area contributed by atoms with Crippen molar-refractivity contribution in [3.05, 3.63) is 33.4 Å². The number of aryl methyl sites for hydroxylation is 2. The highest BCUT2D eigenvalue weighted by atomic mass is 16.3. The number of carbonyl (C=O) groups excluding carboxylic acids is 1. The van der Waals surface area contributed by atoms with Gasteiger partial charge in [0.05, 0.1) is 18.6 Å². The van der Waals surface area contributed by atoms with Crippen LogP contribution in [0.25, 0.3) is 5.65 Å². The van der Waals surface area contributed by atoms with E-state index in [1.807, 2.05) is 18.7 Å². The average molecular weight is 316 g/mol. The van der Waals surface area contributed by atoms with Gasteiger partial charge in [-0.05, 0) is 32.6 Å². The van der Waals surface area contributed by atoms with Crippen molar-refractivity contribution in [2.45, 2.75) is 45.3 Å². The molecule has 0 radical (unpaired) electrons. The summed E-state index contributed by atoms with van der Waals surface area (Å²) in [6, 6.07) is 1.41. The van der Waals surface area contributed by atoms with Crippen LogP contribution in [-0.2, 0) is 11.2 Å². The average Bonchev–Trinajstić information content (AvgIpc) is 3.16. The Hall–Kier alpha value is -2.15. The van der Waals surface area contributed by atoms with E-state index in [0.29, 0.717) is 11.6 Å². The first-order valence-corrected chi connectivity index (χ1v) is 7.99. The van der Waals surface area contributed by atoms with Gasteiger partial charge in [-0.3, -0.25) is 14.7 Å². The van der Waals surface area contributed by atoms with Gasteiger partial charge in [-0.2, -0.15) is 0 Å². The third kappa shape index (κ3) is 2.18. The first kappa shape index (κ1) is 14.4. The van der Waals surface area contributed by atoms with Crippen molar-refractivity contribution in [2.24, 2.45) is 5.92 Å². The molecule has 7 nitrogen and oxygen atoms in total. The van der Waals surface area contributed by atoms with Crippen molar-refractivity contribution < 1.29 is 9.90 Å². The van der Waals surface area contributed by atoms with Crippen LogP contribution in [0.1, 0.15) is 29.8 Å². The Bertz CT molecular complexity index is 853. The summed E-state index contributed by atoms with van der Waals surface area (Å²) in [7, 11) is 0. The number of hydrogen-bond acceptors (Lipinski definition) is 4. The van der Waals surface area contributed by atoms with E-state index >= 15 is 0 Å². The highest BCUT2D eigenvalue weighted by Gasteiger charge is 2.46. The molecule has 2 aromatic rings. The summed E-state index contributed by atoms with van der Waals surface area (Å²) in [6.45, 7) is 4.48. The first-order valence-electron chi connectivity index (χ1n) is 7.99. The maximum atomic E-state index is 12.7. The molecule has 3 atom stereocenters. The van der Waals surface area contributed by atoms with Gasteiger partial charge in [0, 0.05) is 29.6 Å². The monoisotopic (exact) mass is 316 g/mol. The lowest BCUT2D eigenvalue weighted by molar-refractivity contribution is -0.134. The fourth-order valence-electron chi connectivity index (χ4n) is 4.14. The van der Waals surface area contributed by atoms with E-state index in [4.69, 9.17) is 0 Å². The molecule has 1 aliphatic carbocycles. The number of aromatic amines is 1. The number of nitrogens with one attached hydrogen (secondary N) is 1. The summed E-state index contributed by atoms with van der Waals surface area (Å²) >= 11 is 0. The van der Waals surface area contributed by atoms with E-state index in [-0.39, 0.29) is 30.0 Å². The van der Waals surface area contributed by atoms with Gasteiger partial charge in [-0.25, -0.2) is 9.50 Å². The van der Waals surface area contributed by atoms with Crippen LogP contribution in [0.2, 0.25) is 0 Å². The second kappa shape index (κ2) is 4.92. The normalized spacial score (nSPS) is 26.4. The third-order valence-corrected chi connectivity index (χ3v) is 5.30. The van der Waals surface area contributed by atoms with Crippen molar-refractivity contribution >= 4 is 11.6 Å². The summed E-state index contributed by atoms with van der Waals surface area (Å²) in [6.07, 6.45) is 1.58. The largest absolute Gasteiger partial charge is 0.391 e. The van der Waals surface area contributed by atoms with Crippen molar-refractivity contribution in [3.63, 3.8) is 0 Å². The number of hydrogen-bond donors (Lipinski definition) is 2. The number of aliphatic hydroxyl groups is 1. The van der Waals surface area contributed by atoms with Crippen LogP contribution in [0, 0.1) is 19.8 Å². The molecule has 1 saturated carbocycles. The SMILES string of the molecule is Cc1nc2cc(=O)[nH]n2c(C)c1CC(=O)N1C[C@@H]2C[C@@H](O)[C@H]1C2. The fourth-order valence-corrected chi connectivity index (χ4v) is 4.14. The Balaban J connectivity index is 1.65. The topological polar surface area (TPSA) is 90.7 Å². The molecule has 2 fully saturated rings.